The Labute approximate surface area is 126 Å². The number of amides is 1. The first kappa shape index (κ1) is 17.6. The zero-order chi connectivity index (χ0) is 15.9. The summed E-state index contributed by atoms with van der Waals surface area (Å²) >= 11 is 0. The maximum Gasteiger partial charge on any atom is 0.251 e. The van der Waals surface area contributed by atoms with Gasteiger partial charge in [0.25, 0.3) is 5.91 Å². The predicted octanol–water partition coefficient (Wildman–Crippen LogP) is 0.451. The molecular formula is C14H23N3O3S. The van der Waals surface area contributed by atoms with Crippen molar-refractivity contribution in [2.75, 3.05) is 18.8 Å². The predicted molar refractivity (Wildman–Crippen MR) is 83.3 cm³/mol. The molecule has 118 valence electrons. The summed E-state index contributed by atoms with van der Waals surface area (Å²) in [7, 11) is -3.21. The Kier molecular flexibility index (Phi) is 6.80. The Bertz CT molecular complexity index is 555. The normalized spacial score (nSPS) is 12.9. The molecule has 0 radical (unpaired) electrons. The van der Waals surface area contributed by atoms with Crippen molar-refractivity contribution in [3.05, 3.63) is 35.4 Å². The van der Waals surface area contributed by atoms with Crippen molar-refractivity contribution in [2.24, 2.45) is 11.7 Å². The van der Waals surface area contributed by atoms with E-state index in [2.05, 4.69) is 10.0 Å². The molecule has 0 saturated heterocycles. The van der Waals surface area contributed by atoms with E-state index in [-0.39, 0.29) is 24.1 Å². The molecule has 0 bridgehead atoms. The smallest absolute Gasteiger partial charge is 0.251 e. The summed E-state index contributed by atoms with van der Waals surface area (Å²) in [4.78, 5) is 11.9. The Morgan fingerprint density at radius 3 is 2.43 bits per heavy atom. The van der Waals surface area contributed by atoms with Crippen LogP contribution in [-0.4, -0.2) is 33.2 Å². The monoisotopic (exact) mass is 313 g/mol. The molecule has 0 aliphatic heterocycles. The Morgan fingerprint density at radius 2 is 1.90 bits per heavy atom. The van der Waals surface area contributed by atoms with Crippen molar-refractivity contribution < 1.29 is 13.2 Å². The molecule has 0 saturated carbocycles. The summed E-state index contributed by atoms with van der Waals surface area (Å²) in [6.07, 6.45) is 0. The molecule has 0 spiro atoms. The second-order valence-electron chi connectivity index (χ2n) is 4.97. The van der Waals surface area contributed by atoms with Crippen LogP contribution in [-0.2, 0) is 16.6 Å². The first-order valence-electron chi connectivity index (χ1n) is 6.92. The van der Waals surface area contributed by atoms with Gasteiger partial charge in [0, 0.05) is 18.7 Å². The molecule has 4 N–H and O–H groups in total. The summed E-state index contributed by atoms with van der Waals surface area (Å²) < 4.78 is 25.2. The number of hydrogen-bond acceptors (Lipinski definition) is 4. The van der Waals surface area contributed by atoms with E-state index in [4.69, 9.17) is 5.73 Å². The Hall–Kier alpha value is -1.44. The van der Waals surface area contributed by atoms with Crippen LogP contribution in [0.5, 0.6) is 0 Å². The van der Waals surface area contributed by atoms with E-state index >= 15 is 0 Å². The highest BCUT2D eigenvalue weighted by Crippen LogP contribution is 2.05. The number of carbonyl (C=O) groups is 1. The van der Waals surface area contributed by atoms with Gasteiger partial charge in [-0.25, -0.2) is 13.1 Å². The molecule has 1 rings (SSSR count). The van der Waals surface area contributed by atoms with E-state index in [1.807, 2.05) is 6.92 Å². The van der Waals surface area contributed by atoms with Gasteiger partial charge < -0.3 is 11.1 Å². The molecule has 0 fully saturated rings. The molecule has 0 heterocycles. The van der Waals surface area contributed by atoms with E-state index in [9.17, 15) is 13.2 Å². The minimum absolute atomic E-state index is 0.0484. The highest BCUT2D eigenvalue weighted by atomic mass is 32.2. The molecule has 1 aromatic carbocycles. The van der Waals surface area contributed by atoms with Crippen LogP contribution in [0.2, 0.25) is 0 Å². The number of sulfonamides is 1. The van der Waals surface area contributed by atoms with Crippen LogP contribution < -0.4 is 15.8 Å². The maximum atomic E-state index is 11.9. The third-order valence-corrected chi connectivity index (χ3v) is 4.45. The molecular weight excluding hydrogens is 290 g/mol. The van der Waals surface area contributed by atoms with Gasteiger partial charge in [0.1, 0.15) is 0 Å². The summed E-state index contributed by atoms with van der Waals surface area (Å²) in [6.45, 7) is 4.83. The van der Waals surface area contributed by atoms with Crippen LogP contribution in [0.15, 0.2) is 24.3 Å². The second kappa shape index (κ2) is 8.11. The van der Waals surface area contributed by atoms with Gasteiger partial charge in [-0.2, -0.15) is 0 Å². The summed E-state index contributed by atoms with van der Waals surface area (Å²) in [6, 6.07) is 6.83. The molecule has 1 amide bonds. The van der Waals surface area contributed by atoms with Gasteiger partial charge in [-0.15, -0.1) is 0 Å². The fourth-order valence-corrected chi connectivity index (χ4v) is 2.11. The average Bonchev–Trinajstić information content (AvgIpc) is 2.50. The van der Waals surface area contributed by atoms with E-state index < -0.39 is 10.0 Å². The summed E-state index contributed by atoms with van der Waals surface area (Å²) in [5.41, 5.74) is 6.84. The molecule has 21 heavy (non-hydrogen) atoms. The van der Waals surface area contributed by atoms with Crippen molar-refractivity contribution >= 4 is 15.9 Å². The van der Waals surface area contributed by atoms with Gasteiger partial charge in [0.15, 0.2) is 0 Å². The number of carbonyl (C=O) groups excluding carboxylic acids is 1. The van der Waals surface area contributed by atoms with Crippen LogP contribution in [0.4, 0.5) is 0 Å². The number of rotatable bonds is 8. The van der Waals surface area contributed by atoms with Crippen molar-refractivity contribution in [2.45, 2.75) is 20.4 Å². The molecule has 0 aliphatic carbocycles. The van der Waals surface area contributed by atoms with E-state index in [0.29, 0.717) is 18.7 Å². The van der Waals surface area contributed by atoms with Crippen LogP contribution >= 0.6 is 0 Å². The van der Waals surface area contributed by atoms with Crippen molar-refractivity contribution in [1.29, 1.82) is 0 Å². The molecule has 1 atom stereocenters. The van der Waals surface area contributed by atoms with Gasteiger partial charge in [0.2, 0.25) is 10.0 Å². The van der Waals surface area contributed by atoms with Gasteiger partial charge in [-0.1, -0.05) is 19.1 Å². The molecule has 1 unspecified atom stereocenters. The van der Waals surface area contributed by atoms with Gasteiger partial charge in [0.05, 0.1) is 5.75 Å². The van der Waals surface area contributed by atoms with Crippen LogP contribution in [0.25, 0.3) is 0 Å². The van der Waals surface area contributed by atoms with Crippen molar-refractivity contribution in [1.82, 2.24) is 10.0 Å². The number of nitrogens with two attached hydrogens (primary N) is 1. The van der Waals surface area contributed by atoms with E-state index in [0.717, 1.165) is 5.56 Å². The lowest BCUT2D eigenvalue weighted by Gasteiger charge is -2.10. The third-order valence-electron chi connectivity index (χ3n) is 3.11. The van der Waals surface area contributed by atoms with Crippen molar-refractivity contribution in [3.8, 4) is 0 Å². The fraction of sp³-hybridized carbons (Fsp3) is 0.500. The lowest BCUT2D eigenvalue weighted by Crippen LogP contribution is -2.31. The van der Waals surface area contributed by atoms with Crippen molar-refractivity contribution in [3.63, 3.8) is 0 Å². The zero-order valence-corrected chi connectivity index (χ0v) is 13.2. The SMILES string of the molecule is CCS(=O)(=O)NCc1ccc(C(=O)NCC(C)CN)cc1. The number of nitrogens with one attached hydrogen (secondary N) is 2. The lowest BCUT2D eigenvalue weighted by atomic mass is 10.1. The first-order chi connectivity index (χ1) is 9.88. The van der Waals surface area contributed by atoms with Crippen LogP contribution in [0.3, 0.4) is 0 Å². The van der Waals surface area contributed by atoms with E-state index in [1.54, 1.807) is 31.2 Å². The van der Waals surface area contributed by atoms with Gasteiger partial charge in [-0.05, 0) is 37.1 Å². The van der Waals surface area contributed by atoms with E-state index in [1.165, 1.54) is 0 Å². The molecule has 0 aliphatic rings. The van der Waals surface area contributed by atoms with Gasteiger partial charge >= 0.3 is 0 Å². The lowest BCUT2D eigenvalue weighted by molar-refractivity contribution is 0.0948. The average molecular weight is 313 g/mol. The molecule has 6 nitrogen and oxygen atoms in total. The van der Waals surface area contributed by atoms with Crippen LogP contribution in [0, 0.1) is 5.92 Å². The topological polar surface area (TPSA) is 101 Å². The third kappa shape index (κ3) is 6.24. The first-order valence-corrected chi connectivity index (χ1v) is 8.57. The molecule has 1 aromatic rings. The minimum atomic E-state index is -3.21. The largest absolute Gasteiger partial charge is 0.352 e. The highest BCUT2D eigenvalue weighted by molar-refractivity contribution is 7.89. The highest BCUT2D eigenvalue weighted by Gasteiger charge is 2.08. The standard InChI is InChI=1S/C14H23N3O3S/c1-3-21(19,20)17-10-12-4-6-13(7-5-12)14(18)16-9-11(2)8-15/h4-7,11,17H,3,8-10,15H2,1-2H3,(H,16,18). The summed E-state index contributed by atoms with van der Waals surface area (Å²) in [5, 5.41) is 2.80. The molecule has 0 aromatic heterocycles. The minimum Gasteiger partial charge on any atom is -0.352 e. The molecule has 7 heteroatoms. The quantitative estimate of drug-likeness (QED) is 0.648. The fourth-order valence-electron chi connectivity index (χ4n) is 1.52. The number of benzene rings is 1. The van der Waals surface area contributed by atoms with Gasteiger partial charge in [-0.3, -0.25) is 4.79 Å². The van der Waals surface area contributed by atoms with Crippen LogP contribution in [0.1, 0.15) is 29.8 Å². The number of hydrogen-bond donors (Lipinski definition) is 3. The summed E-state index contributed by atoms with van der Waals surface area (Å²) in [5.74, 6) is 0.125. The zero-order valence-electron chi connectivity index (χ0n) is 12.4. The second-order valence-corrected chi connectivity index (χ2v) is 7.07. The maximum absolute atomic E-state index is 11.9. The Balaban J connectivity index is 2.55. The Morgan fingerprint density at radius 1 is 1.29 bits per heavy atom.